The van der Waals surface area contributed by atoms with Crippen molar-refractivity contribution in [2.24, 2.45) is 5.92 Å². The van der Waals surface area contributed by atoms with Gasteiger partial charge in [-0.3, -0.25) is 14.9 Å². The highest BCUT2D eigenvalue weighted by atomic mass is 16.6. The molecule has 0 spiro atoms. The third-order valence-corrected chi connectivity index (χ3v) is 3.99. The molecule has 1 fully saturated rings. The Morgan fingerprint density at radius 2 is 2.30 bits per heavy atom. The fraction of sp³-hybridized carbons (Fsp3) is 0.533. The van der Waals surface area contributed by atoms with Crippen LogP contribution >= 0.6 is 0 Å². The number of ketones is 1. The first-order valence-electron chi connectivity index (χ1n) is 7.11. The minimum Gasteiger partial charge on any atom is -0.314 e. The lowest BCUT2D eigenvalue weighted by atomic mass is 9.87. The van der Waals surface area contributed by atoms with Crippen molar-refractivity contribution in [2.45, 2.75) is 38.6 Å². The lowest BCUT2D eigenvalue weighted by Gasteiger charge is -2.29. The number of Topliss-reactive ketones (excluding diaryl/α,β-unsaturated/α-hetero) is 1. The summed E-state index contributed by atoms with van der Waals surface area (Å²) in [5.41, 5.74) is 0.401. The van der Waals surface area contributed by atoms with E-state index < -0.39 is 4.92 Å². The summed E-state index contributed by atoms with van der Waals surface area (Å²) in [5.74, 6) is 0.655. The first-order valence-corrected chi connectivity index (χ1v) is 7.11. The zero-order valence-electron chi connectivity index (χ0n) is 11.7. The Morgan fingerprint density at radius 3 is 3.00 bits per heavy atom. The highest BCUT2D eigenvalue weighted by Crippen LogP contribution is 2.22. The van der Waals surface area contributed by atoms with Crippen molar-refractivity contribution >= 4 is 11.5 Å². The van der Waals surface area contributed by atoms with E-state index >= 15 is 0 Å². The van der Waals surface area contributed by atoms with Gasteiger partial charge in [0.05, 0.1) is 4.92 Å². The van der Waals surface area contributed by atoms with Gasteiger partial charge in [0.25, 0.3) is 5.69 Å². The standard InChI is InChI=1S/C15H20N2O3/c1-2-11-6-7-16-13(8-11)10-15(18)12-4-3-5-14(9-12)17(19)20/h3-5,9,11,13,16H,2,6-8,10H2,1H3. The summed E-state index contributed by atoms with van der Waals surface area (Å²) in [7, 11) is 0. The molecule has 0 bridgehead atoms. The maximum Gasteiger partial charge on any atom is 0.270 e. The molecule has 2 unspecified atom stereocenters. The van der Waals surface area contributed by atoms with Crippen molar-refractivity contribution in [1.29, 1.82) is 0 Å². The zero-order chi connectivity index (χ0) is 14.5. The first-order chi connectivity index (χ1) is 9.60. The molecule has 5 heteroatoms. The van der Waals surface area contributed by atoms with Crippen LogP contribution in [0.1, 0.15) is 43.0 Å². The summed E-state index contributed by atoms with van der Waals surface area (Å²) < 4.78 is 0. The normalized spacial score (nSPS) is 22.4. The maximum atomic E-state index is 12.2. The van der Waals surface area contributed by atoms with E-state index in [1.54, 1.807) is 12.1 Å². The van der Waals surface area contributed by atoms with Crippen LogP contribution in [-0.4, -0.2) is 23.3 Å². The van der Waals surface area contributed by atoms with Crippen LogP contribution in [0.15, 0.2) is 24.3 Å². The van der Waals surface area contributed by atoms with Crippen molar-refractivity contribution in [2.75, 3.05) is 6.54 Å². The van der Waals surface area contributed by atoms with Gasteiger partial charge in [0.2, 0.25) is 0 Å². The molecule has 108 valence electrons. The molecule has 1 aliphatic heterocycles. The topological polar surface area (TPSA) is 72.2 Å². The fourth-order valence-corrected chi connectivity index (χ4v) is 2.76. The quantitative estimate of drug-likeness (QED) is 0.510. The van der Waals surface area contributed by atoms with Crippen molar-refractivity contribution < 1.29 is 9.72 Å². The van der Waals surface area contributed by atoms with E-state index in [0.717, 1.165) is 25.8 Å². The van der Waals surface area contributed by atoms with Crippen LogP contribution in [0.3, 0.4) is 0 Å². The van der Waals surface area contributed by atoms with Gasteiger partial charge in [-0.15, -0.1) is 0 Å². The summed E-state index contributed by atoms with van der Waals surface area (Å²) in [4.78, 5) is 22.5. The molecule has 2 atom stereocenters. The zero-order valence-corrected chi connectivity index (χ0v) is 11.7. The second kappa shape index (κ2) is 6.61. The van der Waals surface area contributed by atoms with Gasteiger partial charge in [0, 0.05) is 30.2 Å². The van der Waals surface area contributed by atoms with Gasteiger partial charge in [0.1, 0.15) is 0 Å². The van der Waals surface area contributed by atoms with E-state index in [-0.39, 0.29) is 17.5 Å². The molecular weight excluding hydrogens is 256 g/mol. The van der Waals surface area contributed by atoms with E-state index in [1.165, 1.54) is 12.1 Å². The molecular formula is C15H20N2O3. The largest absolute Gasteiger partial charge is 0.314 e. The van der Waals surface area contributed by atoms with E-state index in [0.29, 0.717) is 17.9 Å². The van der Waals surface area contributed by atoms with Crippen LogP contribution < -0.4 is 5.32 Å². The van der Waals surface area contributed by atoms with Gasteiger partial charge in [-0.2, -0.15) is 0 Å². The minimum absolute atomic E-state index is 0.0250. The number of carbonyl (C=O) groups excluding carboxylic acids is 1. The van der Waals surface area contributed by atoms with E-state index in [9.17, 15) is 14.9 Å². The average molecular weight is 276 g/mol. The number of rotatable bonds is 5. The van der Waals surface area contributed by atoms with Crippen LogP contribution in [0.5, 0.6) is 0 Å². The molecule has 0 aromatic heterocycles. The SMILES string of the molecule is CCC1CCNC(CC(=O)c2cccc([N+](=O)[O-])c2)C1. The van der Waals surface area contributed by atoms with Crippen LogP contribution in [0.25, 0.3) is 0 Å². The third kappa shape index (κ3) is 3.63. The highest BCUT2D eigenvalue weighted by Gasteiger charge is 2.23. The molecule has 1 N–H and O–H groups in total. The molecule has 5 nitrogen and oxygen atoms in total. The summed E-state index contributed by atoms with van der Waals surface area (Å²) in [6, 6.07) is 6.18. The molecule has 1 saturated heterocycles. The molecule has 0 radical (unpaired) electrons. The molecule has 1 aromatic rings. The van der Waals surface area contributed by atoms with Gasteiger partial charge in [0.15, 0.2) is 5.78 Å². The number of non-ortho nitro benzene ring substituents is 1. The van der Waals surface area contributed by atoms with Crippen molar-refractivity contribution in [3.63, 3.8) is 0 Å². The molecule has 1 heterocycles. The smallest absolute Gasteiger partial charge is 0.270 e. The number of nitrogens with zero attached hydrogens (tertiary/aromatic N) is 1. The summed E-state index contributed by atoms with van der Waals surface area (Å²) in [6.07, 6.45) is 3.73. The lowest BCUT2D eigenvalue weighted by Crippen LogP contribution is -2.39. The Bertz CT molecular complexity index is 502. The van der Waals surface area contributed by atoms with E-state index in [2.05, 4.69) is 12.2 Å². The molecule has 2 rings (SSSR count). The number of hydrogen-bond acceptors (Lipinski definition) is 4. The number of nitro groups is 1. The highest BCUT2D eigenvalue weighted by molar-refractivity contribution is 5.97. The number of nitrogens with one attached hydrogen (secondary N) is 1. The summed E-state index contributed by atoms with van der Waals surface area (Å²) in [6.45, 7) is 3.13. The minimum atomic E-state index is -0.469. The van der Waals surface area contributed by atoms with Crippen LogP contribution in [0.4, 0.5) is 5.69 Å². The van der Waals surface area contributed by atoms with Gasteiger partial charge in [-0.05, 0) is 25.3 Å². The fourth-order valence-electron chi connectivity index (χ4n) is 2.76. The summed E-state index contributed by atoms with van der Waals surface area (Å²) in [5, 5.41) is 14.1. The molecule has 1 aliphatic rings. The average Bonchev–Trinajstić information content (AvgIpc) is 2.47. The second-order valence-corrected chi connectivity index (χ2v) is 5.38. The van der Waals surface area contributed by atoms with Crippen LogP contribution in [0.2, 0.25) is 0 Å². The van der Waals surface area contributed by atoms with Crippen LogP contribution in [0, 0.1) is 16.0 Å². The van der Waals surface area contributed by atoms with Crippen molar-refractivity contribution in [1.82, 2.24) is 5.32 Å². The Labute approximate surface area is 118 Å². The number of piperidine rings is 1. The van der Waals surface area contributed by atoms with Crippen molar-refractivity contribution in [3.05, 3.63) is 39.9 Å². The number of hydrogen-bond donors (Lipinski definition) is 1. The number of benzene rings is 1. The third-order valence-electron chi connectivity index (χ3n) is 3.99. The van der Waals surface area contributed by atoms with Gasteiger partial charge in [-0.1, -0.05) is 25.5 Å². The molecule has 20 heavy (non-hydrogen) atoms. The Balaban J connectivity index is 2.01. The van der Waals surface area contributed by atoms with Crippen molar-refractivity contribution in [3.8, 4) is 0 Å². The van der Waals surface area contributed by atoms with Gasteiger partial charge >= 0.3 is 0 Å². The molecule has 0 saturated carbocycles. The Kier molecular flexibility index (Phi) is 4.84. The predicted molar refractivity (Wildman–Crippen MR) is 76.8 cm³/mol. The molecule has 0 aliphatic carbocycles. The maximum absolute atomic E-state index is 12.2. The van der Waals surface area contributed by atoms with E-state index in [1.807, 2.05) is 0 Å². The molecule has 1 aromatic carbocycles. The number of carbonyl (C=O) groups is 1. The monoisotopic (exact) mass is 276 g/mol. The van der Waals surface area contributed by atoms with E-state index in [4.69, 9.17) is 0 Å². The summed E-state index contributed by atoms with van der Waals surface area (Å²) >= 11 is 0. The number of nitro benzene ring substituents is 1. The second-order valence-electron chi connectivity index (χ2n) is 5.38. The van der Waals surface area contributed by atoms with Crippen LogP contribution in [-0.2, 0) is 0 Å². The Hall–Kier alpha value is -1.75. The molecule has 0 amide bonds. The predicted octanol–water partition coefficient (Wildman–Crippen LogP) is 2.95. The van der Waals surface area contributed by atoms with Gasteiger partial charge < -0.3 is 5.32 Å². The Morgan fingerprint density at radius 1 is 1.50 bits per heavy atom. The first kappa shape index (κ1) is 14.7. The van der Waals surface area contributed by atoms with Gasteiger partial charge in [-0.25, -0.2) is 0 Å². The lowest BCUT2D eigenvalue weighted by molar-refractivity contribution is -0.384.